The van der Waals surface area contributed by atoms with Crippen LogP contribution >= 0.6 is 0 Å². The van der Waals surface area contributed by atoms with E-state index in [0.717, 1.165) is 24.8 Å². The van der Waals surface area contributed by atoms with Crippen LogP contribution in [0.3, 0.4) is 0 Å². The molecule has 4 nitrogen and oxygen atoms in total. The van der Waals surface area contributed by atoms with Crippen LogP contribution in [-0.2, 0) is 0 Å². The normalized spacial score (nSPS) is 10.3. The number of carbonyl (C=O) groups excluding carboxylic acids is 1. The maximum absolute atomic E-state index is 13.5. The average molecular weight is 319 g/mol. The van der Waals surface area contributed by atoms with E-state index in [2.05, 4.69) is 29.4 Å². The van der Waals surface area contributed by atoms with E-state index in [-0.39, 0.29) is 5.69 Å². The second-order valence-corrected chi connectivity index (χ2v) is 4.92. The van der Waals surface area contributed by atoms with Crippen LogP contribution in [0.5, 0.6) is 0 Å². The molecule has 122 valence electrons. The Labute approximate surface area is 134 Å². The minimum Gasteiger partial charge on any atom is -0.372 e. The molecule has 2 amide bonds. The number of benzene rings is 2. The van der Waals surface area contributed by atoms with E-state index in [1.807, 2.05) is 12.1 Å². The molecule has 0 heterocycles. The van der Waals surface area contributed by atoms with E-state index in [4.69, 9.17) is 0 Å². The second-order valence-electron chi connectivity index (χ2n) is 4.92. The van der Waals surface area contributed by atoms with Gasteiger partial charge in [-0.15, -0.1) is 0 Å². The summed E-state index contributed by atoms with van der Waals surface area (Å²) in [5.74, 6) is -1.52. The van der Waals surface area contributed by atoms with Crippen molar-refractivity contribution < 1.29 is 13.6 Å². The average Bonchev–Trinajstić information content (AvgIpc) is 2.53. The molecule has 23 heavy (non-hydrogen) atoms. The Bertz CT molecular complexity index is 670. The van der Waals surface area contributed by atoms with Gasteiger partial charge < -0.3 is 15.5 Å². The smallest absolute Gasteiger partial charge is 0.323 e. The molecule has 0 fully saturated rings. The van der Waals surface area contributed by atoms with Gasteiger partial charge in [-0.1, -0.05) is 0 Å². The highest BCUT2D eigenvalue weighted by molar-refractivity contribution is 5.99. The van der Waals surface area contributed by atoms with E-state index in [1.54, 1.807) is 12.1 Å². The zero-order valence-corrected chi connectivity index (χ0v) is 13.1. The van der Waals surface area contributed by atoms with E-state index in [9.17, 15) is 13.6 Å². The van der Waals surface area contributed by atoms with Crippen molar-refractivity contribution in [2.75, 3.05) is 28.6 Å². The van der Waals surface area contributed by atoms with Crippen LogP contribution in [0.25, 0.3) is 0 Å². The summed E-state index contributed by atoms with van der Waals surface area (Å²) in [5, 5.41) is 4.95. The third-order valence-corrected chi connectivity index (χ3v) is 3.43. The summed E-state index contributed by atoms with van der Waals surface area (Å²) in [7, 11) is 0. The molecular weight excluding hydrogens is 300 g/mol. The van der Waals surface area contributed by atoms with Gasteiger partial charge in [0, 0.05) is 30.5 Å². The van der Waals surface area contributed by atoms with Gasteiger partial charge in [0.25, 0.3) is 0 Å². The molecular formula is C17H19F2N3O. The first-order valence-corrected chi connectivity index (χ1v) is 7.41. The van der Waals surface area contributed by atoms with Gasteiger partial charge in [-0.25, -0.2) is 13.6 Å². The van der Waals surface area contributed by atoms with Gasteiger partial charge in [-0.2, -0.15) is 0 Å². The highest BCUT2D eigenvalue weighted by Gasteiger charge is 2.08. The largest absolute Gasteiger partial charge is 0.372 e. The number of amides is 2. The van der Waals surface area contributed by atoms with Gasteiger partial charge >= 0.3 is 6.03 Å². The predicted molar refractivity (Wildman–Crippen MR) is 89.0 cm³/mol. The maximum atomic E-state index is 13.5. The Balaban J connectivity index is 2.00. The lowest BCUT2D eigenvalue weighted by molar-refractivity contribution is 0.262. The number of hydrogen-bond acceptors (Lipinski definition) is 2. The highest BCUT2D eigenvalue weighted by Crippen LogP contribution is 2.19. The van der Waals surface area contributed by atoms with Crippen molar-refractivity contribution in [3.63, 3.8) is 0 Å². The fourth-order valence-electron chi connectivity index (χ4n) is 2.22. The van der Waals surface area contributed by atoms with Crippen molar-refractivity contribution in [1.82, 2.24) is 0 Å². The van der Waals surface area contributed by atoms with Crippen molar-refractivity contribution >= 4 is 23.1 Å². The van der Waals surface area contributed by atoms with Crippen LogP contribution in [0.2, 0.25) is 0 Å². The zero-order valence-electron chi connectivity index (χ0n) is 13.1. The van der Waals surface area contributed by atoms with Crippen LogP contribution in [-0.4, -0.2) is 19.1 Å². The van der Waals surface area contributed by atoms with Crippen LogP contribution in [0, 0.1) is 11.6 Å². The molecule has 0 aliphatic rings. The number of urea groups is 1. The van der Waals surface area contributed by atoms with Gasteiger partial charge in [-0.05, 0) is 50.2 Å². The van der Waals surface area contributed by atoms with Gasteiger partial charge in [0.1, 0.15) is 11.6 Å². The summed E-state index contributed by atoms with van der Waals surface area (Å²) >= 11 is 0. The number of nitrogens with zero attached hydrogens (tertiary/aromatic N) is 1. The summed E-state index contributed by atoms with van der Waals surface area (Å²) < 4.78 is 26.3. The van der Waals surface area contributed by atoms with Crippen molar-refractivity contribution in [2.45, 2.75) is 13.8 Å². The van der Waals surface area contributed by atoms with Crippen LogP contribution < -0.4 is 15.5 Å². The number of rotatable bonds is 5. The second kappa shape index (κ2) is 7.58. The minimum atomic E-state index is -0.822. The van der Waals surface area contributed by atoms with E-state index in [0.29, 0.717) is 11.8 Å². The Kier molecular flexibility index (Phi) is 5.51. The minimum absolute atomic E-state index is 0.0799. The quantitative estimate of drug-likeness (QED) is 0.855. The summed E-state index contributed by atoms with van der Waals surface area (Å²) in [6, 6.07) is 9.73. The first-order valence-electron chi connectivity index (χ1n) is 7.41. The number of hydrogen-bond donors (Lipinski definition) is 2. The van der Waals surface area contributed by atoms with Gasteiger partial charge in [0.15, 0.2) is 0 Å². The molecule has 0 aliphatic heterocycles. The monoisotopic (exact) mass is 319 g/mol. The molecule has 2 aromatic carbocycles. The van der Waals surface area contributed by atoms with Crippen LogP contribution in [0.4, 0.5) is 30.6 Å². The molecule has 0 atom stereocenters. The molecule has 0 aliphatic carbocycles. The molecule has 0 bridgehead atoms. The lowest BCUT2D eigenvalue weighted by atomic mass is 10.2. The van der Waals surface area contributed by atoms with Crippen LogP contribution in [0.1, 0.15) is 13.8 Å². The topological polar surface area (TPSA) is 44.4 Å². The van der Waals surface area contributed by atoms with Crippen molar-refractivity contribution in [2.24, 2.45) is 0 Å². The van der Waals surface area contributed by atoms with Crippen molar-refractivity contribution in [3.8, 4) is 0 Å². The SMILES string of the molecule is CCN(CC)c1ccc(NC(=O)Nc2ccc(F)cc2F)cc1. The molecule has 2 N–H and O–H groups in total. The van der Waals surface area contributed by atoms with Gasteiger partial charge in [-0.3, -0.25) is 0 Å². The van der Waals surface area contributed by atoms with E-state index in [1.165, 1.54) is 6.07 Å². The highest BCUT2D eigenvalue weighted by atomic mass is 19.1. The fourth-order valence-corrected chi connectivity index (χ4v) is 2.22. The molecule has 0 unspecified atom stereocenters. The van der Waals surface area contributed by atoms with Gasteiger partial charge in [0.2, 0.25) is 0 Å². The van der Waals surface area contributed by atoms with E-state index >= 15 is 0 Å². The Morgan fingerprint density at radius 3 is 2.22 bits per heavy atom. The molecule has 0 saturated heterocycles. The molecule has 6 heteroatoms. The van der Waals surface area contributed by atoms with E-state index < -0.39 is 17.7 Å². The molecule has 0 aromatic heterocycles. The zero-order chi connectivity index (χ0) is 16.8. The lowest BCUT2D eigenvalue weighted by Gasteiger charge is -2.21. The predicted octanol–water partition coefficient (Wildman–Crippen LogP) is 4.46. The van der Waals surface area contributed by atoms with Crippen molar-refractivity contribution in [3.05, 3.63) is 54.1 Å². The summed E-state index contributed by atoms with van der Waals surface area (Å²) in [6.45, 7) is 5.93. The Morgan fingerprint density at radius 1 is 1.00 bits per heavy atom. The first-order chi connectivity index (χ1) is 11.0. The summed E-state index contributed by atoms with van der Waals surface area (Å²) in [6.07, 6.45) is 0. The van der Waals surface area contributed by atoms with Crippen molar-refractivity contribution in [1.29, 1.82) is 0 Å². The number of anilines is 3. The first kappa shape index (κ1) is 16.7. The third kappa shape index (κ3) is 4.42. The summed E-state index contributed by atoms with van der Waals surface area (Å²) in [5.41, 5.74) is 1.56. The number of carbonyl (C=O) groups is 1. The maximum Gasteiger partial charge on any atom is 0.323 e. The fraction of sp³-hybridized carbons (Fsp3) is 0.235. The summed E-state index contributed by atoms with van der Waals surface area (Å²) in [4.78, 5) is 14.0. The number of halogens is 2. The molecule has 0 spiro atoms. The van der Waals surface area contributed by atoms with Crippen LogP contribution in [0.15, 0.2) is 42.5 Å². The number of nitrogens with one attached hydrogen (secondary N) is 2. The Hall–Kier alpha value is -2.63. The molecule has 2 rings (SSSR count). The third-order valence-electron chi connectivity index (χ3n) is 3.43. The lowest BCUT2D eigenvalue weighted by Crippen LogP contribution is -2.22. The molecule has 0 saturated carbocycles. The van der Waals surface area contributed by atoms with Gasteiger partial charge in [0.05, 0.1) is 5.69 Å². The molecule has 2 aromatic rings. The molecule has 0 radical (unpaired) electrons. The standard InChI is InChI=1S/C17H19F2N3O/c1-3-22(4-2)14-8-6-13(7-9-14)20-17(23)21-16-10-5-12(18)11-15(16)19/h5-11H,3-4H2,1-2H3,(H2,20,21,23). The Morgan fingerprint density at radius 2 is 1.65 bits per heavy atom.